The van der Waals surface area contributed by atoms with Gasteiger partial charge in [0.25, 0.3) is 0 Å². The highest BCUT2D eigenvalue weighted by Gasteiger charge is 2.31. The largest absolute Gasteiger partial charge is 0.341 e. The van der Waals surface area contributed by atoms with Crippen molar-refractivity contribution in [2.45, 2.75) is 31.8 Å². The number of piperidine rings is 1. The number of nitrogens with one attached hydrogen (secondary N) is 1. The van der Waals surface area contributed by atoms with Crippen LogP contribution in [-0.4, -0.2) is 75.1 Å². The Kier molecular flexibility index (Phi) is 5.27. The van der Waals surface area contributed by atoms with Crippen LogP contribution in [0.1, 0.15) is 19.3 Å². The predicted molar refractivity (Wildman–Crippen MR) is 87.7 cm³/mol. The first-order chi connectivity index (χ1) is 12.0. The molecule has 136 valence electrons. The monoisotopic (exact) mass is 350 g/mol. The highest BCUT2D eigenvalue weighted by atomic mass is 16.6. The molecule has 0 radical (unpaired) electrons. The second kappa shape index (κ2) is 7.60. The second-order valence-electron chi connectivity index (χ2n) is 6.37. The maximum atomic E-state index is 12.5. The van der Waals surface area contributed by atoms with Gasteiger partial charge in [0.2, 0.25) is 11.8 Å². The summed E-state index contributed by atoms with van der Waals surface area (Å²) in [5.41, 5.74) is -0.0808. The normalized spacial score (nSPS) is 21.4. The van der Waals surface area contributed by atoms with Crippen molar-refractivity contribution in [3.8, 4) is 0 Å². The van der Waals surface area contributed by atoms with E-state index in [2.05, 4.69) is 10.4 Å². The first kappa shape index (κ1) is 17.3. The van der Waals surface area contributed by atoms with Gasteiger partial charge in [-0.1, -0.05) is 0 Å². The van der Waals surface area contributed by atoms with Gasteiger partial charge < -0.3 is 15.1 Å². The van der Waals surface area contributed by atoms with Crippen molar-refractivity contribution >= 4 is 17.5 Å². The second-order valence-corrected chi connectivity index (χ2v) is 6.37. The molecular formula is C15H22N6O4. The van der Waals surface area contributed by atoms with E-state index in [9.17, 15) is 19.7 Å². The molecule has 0 spiro atoms. The van der Waals surface area contributed by atoms with E-state index in [1.54, 1.807) is 4.90 Å². The molecule has 0 bridgehead atoms. The van der Waals surface area contributed by atoms with Gasteiger partial charge in [-0.2, -0.15) is 5.10 Å². The van der Waals surface area contributed by atoms with E-state index in [1.165, 1.54) is 17.1 Å². The zero-order valence-electron chi connectivity index (χ0n) is 14.0. The van der Waals surface area contributed by atoms with Crippen molar-refractivity contribution in [1.82, 2.24) is 24.9 Å². The summed E-state index contributed by atoms with van der Waals surface area (Å²) in [7, 11) is 0. The lowest BCUT2D eigenvalue weighted by atomic mass is 10.0. The zero-order chi connectivity index (χ0) is 17.8. The van der Waals surface area contributed by atoms with Gasteiger partial charge in [0.15, 0.2) is 0 Å². The zero-order valence-corrected chi connectivity index (χ0v) is 14.0. The predicted octanol–water partition coefficient (Wildman–Crippen LogP) is -0.396. The van der Waals surface area contributed by atoms with E-state index >= 15 is 0 Å². The number of hydrogen-bond donors (Lipinski definition) is 1. The van der Waals surface area contributed by atoms with Gasteiger partial charge in [0.1, 0.15) is 12.4 Å². The molecule has 10 heteroatoms. The molecule has 0 aliphatic carbocycles. The molecular weight excluding hydrogens is 328 g/mol. The molecule has 1 N–H and O–H groups in total. The van der Waals surface area contributed by atoms with Crippen molar-refractivity contribution in [3.05, 3.63) is 22.5 Å². The van der Waals surface area contributed by atoms with Crippen molar-refractivity contribution in [3.63, 3.8) is 0 Å². The Hall–Kier alpha value is -2.49. The third-order valence-corrected chi connectivity index (χ3v) is 4.70. The number of nitro groups is 1. The SMILES string of the molecule is O=C(CCn1cc([N+](=O)[O-])cn1)N1CCCC(N2CCNCC2=O)C1. The highest BCUT2D eigenvalue weighted by Crippen LogP contribution is 2.18. The Balaban J connectivity index is 1.52. The summed E-state index contributed by atoms with van der Waals surface area (Å²) in [4.78, 5) is 38.3. The molecule has 1 aromatic heterocycles. The molecule has 2 fully saturated rings. The van der Waals surface area contributed by atoms with Crippen LogP contribution < -0.4 is 5.32 Å². The molecule has 1 atom stereocenters. The van der Waals surface area contributed by atoms with Crippen LogP contribution in [0.15, 0.2) is 12.4 Å². The van der Waals surface area contributed by atoms with Crippen molar-refractivity contribution in [2.75, 3.05) is 32.7 Å². The van der Waals surface area contributed by atoms with Gasteiger partial charge in [-0.05, 0) is 12.8 Å². The lowest BCUT2D eigenvalue weighted by Gasteiger charge is -2.41. The minimum absolute atomic E-state index is 0.00886. The lowest BCUT2D eigenvalue weighted by Crippen LogP contribution is -2.57. The number of likely N-dealkylation sites (tertiary alicyclic amines) is 1. The fourth-order valence-corrected chi connectivity index (χ4v) is 3.38. The number of rotatable bonds is 5. The summed E-state index contributed by atoms with van der Waals surface area (Å²) < 4.78 is 1.41. The molecule has 2 aliphatic rings. The first-order valence-corrected chi connectivity index (χ1v) is 8.49. The molecule has 2 amide bonds. The van der Waals surface area contributed by atoms with Crippen molar-refractivity contribution in [2.24, 2.45) is 0 Å². The molecule has 2 saturated heterocycles. The van der Waals surface area contributed by atoms with Gasteiger partial charge >= 0.3 is 5.69 Å². The Morgan fingerprint density at radius 2 is 2.28 bits per heavy atom. The Morgan fingerprint density at radius 1 is 1.44 bits per heavy atom. The molecule has 1 aromatic rings. The van der Waals surface area contributed by atoms with Gasteiger partial charge in [0, 0.05) is 45.2 Å². The maximum absolute atomic E-state index is 12.5. The average molecular weight is 350 g/mol. The standard InChI is InChI=1S/C15H22N6O4/c22-14(3-6-19-11-13(8-17-19)21(24)25)18-5-1-2-12(10-18)20-7-4-16-9-15(20)23/h8,11-12,16H,1-7,9-10H2. The van der Waals surface area contributed by atoms with Crippen LogP contribution in [0.3, 0.4) is 0 Å². The quantitative estimate of drug-likeness (QED) is 0.571. The molecule has 10 nitrogen and oxygen atoms in total. The fraction of sp³-hybridized carbons (Fsp3) is 0.667. The van der Waals surface area contributed by atoms with Crippen LogP contribution in [0.2, 0.25) is 0 Å². The van der Waals surface area contributed by atoms with Crippen molar-refractivity contribution < 1.29 is 14.5 Å². The Morgan fingerprint density at radius 3 is 3.00 bits per heavy atom. The summed E-state index contributed by atoms with van der Waals surface area (Å²) in [6, 6.07) is 0.0816. The molecule has 3 rings (SSSR count). The van der Waals surface area contributed by atoms with E-state index < -0.39 is 4.92 Å². The third-order valence-electron chi connectivity index (χ3n) is 4.70. The van der Waals surface area contributed by atoms with Gasteiger partial charge in [-0.25, -0.2) is 0 Å². The van der Waals surface area contributed by atoms with Crippen LogP contribution in [0.5, 0.6) is 0 Å². The molecule has 0 saturated carbocycles. The number of nitrogens with zero attached hydrogens (tertiary/aromatic N) is 5. The van der Waals surface area contributed by atoms with Crippen LogP contribution in [0.4, 0.5) is 5.69 Å². The average Bonchev–Trinajstić information content (AvgIpc) is 3.09. The Labute approximate surface area is 144 Å². The minimum atomic E-state index is -0.509. The summed E-state index contributed by atoms with van der Waals surface area (Å²) in [6.07, 6.45) is 4.53. The van der Waals surface area contributed by atoms with Gasteiger partial charge in [-0.15, -0.1) is 0 Å². The van der Waals surface area contributed by atoms with Gasteiger partial charge in [-0.3, -0.25) is 24.4 Å². The number of hydrogen-bond acceptors (Lipinski definition) is 6. The number of aromatic nitrogens is 2. The molecule has 3 heterocycles. The third kappa shape index (κ3) is 4.13. The van der Waals surface area contributed by atoms with Crippen LogP contribution in [0, 0.1) is 10.1 Å². The summed E-state index contributed by atoms with van der Waals surface area (Å²) in [6.45, 7) is 3.39. The summed E-state index contributed by atoms with van der Waals surface area (Å²) in [5, 5.41) is 17.6. The van der Waals surface area contributed by atoms with E-state index in [-0.39, 0.29) is 30.0 Å². The lowest BCUT2D eigenvalue weighted by molar-refractivity contribution is -0.385. The highest BCUT2D eigenvalue weighted by molar-refractivity contribution is 5.80. The van der Waals surface area contributed by atoms with Crippen molar-refractivity contribution in [1.29, 1.82) is 0 Å². The smallest absolute Gasteiger partial charge is 0.306 e. The summed E-state index contributed by atoms with van der Waals surface area (Å²) in [5.74, 6) is 0.0832. The maximum Gasteiger partial charge on any atom is 0.306 e. The number of amides is 2. The number of carbonyl (C=O) groups excluding carboxylic acids is 2. The molecule has 1 unspecified atom stereocenters. The number of piperazine rings is 1. The summed E-state index contributed by atoms with van der Waals surface area (Å²) >= 11 is 0. The van der Waals surface area contributed by atoms with Gasteiger partial charge in [0.05, 0.1) is 11.5 Å². The number of carbonyl (C=O) groups is 2. The molecule has 0 aromatic carbocycles. The van der Waals surface area contributed by atoms with Crippen LogP contribution in [-0.2, 0) is 16.1 Å². The first-order valence-electron chi connectivity index (χ1n) is 8.49. The van der Waals surface area contributed by atoms with Crippen LogP contribution >= 0.6 is 0 Å². The van der Waals surface area contributed by atoms with E-state index in [0.717, 1.165) is 19.4 Å². The van der Waals surface area contributed by atoms with E-state index in [0.29, 0.717) is 32.7 Å². The fourth-order valence-electron chi connectivity index (χ4n) is 3.38. The molecule has 2 aliphatic heterocycles. The van der Waals surface area contributed by atoms with E-state index in [4.69, 9.17) is 0 Å². The number of aryl methyl sites for hydroxylation is 1. The Bertz CT molecular complexity index is 660. The molecule has 25 heavy (non-hydrogen) atoms. The topological polar surface area (TPSA) is 114 Å². The van der Waals surface area contributed by atoms with Crippen LogP contribution in [0.25, 0.3) is 0 Å². The van der Waals surface area contributed by atoms with E-state index in [1.807, 2.05) is 4.90 Å². The minimum Gasteiger partial charge on any atom is -0.341 e.